The first-order chi connectivity index (χ1) is 7.61. The highest BCUT2D eigenvalue weighted by atomic mass is 15.1. The van der Waals surface area contributed by atoms with Gasteiger partial charge in [0.25, 0.3) is 0 Å². The van der Waals surface area contributed by atoms with Crippen LogP contribution in [0.4, 0.5) is 5.82 Å². The van der Waals surface area contributed by atoms with Crippen molar-refractivity contribution in [2.24, 2.45) is 0 Å². The monoisotopic (exact) mass is 214 g/mol. The highest BCUT2D eigenvalue weighted by molar-refractivity contribution is 5.56. The first kappa shape index (κ1) is 10.5. The Morgan fingerprint density at radius 3 is 2.88 bits per heavy atom. The second-order valence-electron chi connectivity index (χ2n) is 3.98. The van der Waals surface area contributed by atoms with Crippen molar-refractivity contribution < 1.29 is 0 Å². The van der Waals surface area contributed by atoms with Gasteiger partial charge in [-0.2, -0.15) is 5.26 Å². The molecule has 0 amide bonds. The summed E-state index contributed by atoms with van der Waals surface area (Å²) in [6.45, 7) is 5.80. The number of aromatic nitrogens is 2. The van der Waals surface area contributed by atoms with Gasteiger partial charge >= 0.3 is 0 Å². The van der Waals surface area contributed by atoms with E-state index in [4.69, 9.17) is 5.26 Å². The molecule has 2 aromatic rings. The molecule has 2 heterocycles. The topological polar surface area (TPSA) is 53.1 Å². The third-order valence-corrected chi connectivity index (χ3v) is 2.49. The molecular formula is C12H14N4. The lowest BCUT2D eigenvalue weighted by atomic mass is 10.3. The molecule has 4 nitrogen and oxygen atoms in total. The van der Waals surface area contributed by atoms with E-state index in [0.717, 1.165) is 22.7 Å². The van der Waals surface area contributed by atoms with Gasteiger partial charge in [-0.15, -0.1) is 0 Å². The summed E-state index contributed by atoms with van der Waals surface area (Å²) in [7, 11) is 0. The molecule has 1 atom stereocenters. The average molecular weight is 214 g/mol. The van der Waals surface area contributed by atoms with Crippen LogP contribution in [0.25, 0.3) is 5.65 Å². The molecule has 1 N–H and O–H groups in total. The maximum absolute atomic E-state index is 8.81. The molecule has 0 aliphatic carbocycles. The minimum Gasteiger partial charge on any atom is -0.354 e. The number of aryl methyl sites for hydroxylation is 2. The molecule has 0 fully saturated rings. The van der Waals surface area contributed by atoms with Gasteiger partial charge in [-0.3, -0.25) is 4.40 Å². The van der Waals surface area contributed by atoms with E-state index in [9.17, 15) is 0 Å². The Morgan fingerprint density at radius 1 is 1.44 bits per heavy atom. The summed E-state index contributed by atoms with van der Waals surface area (Å²) < 4.78 is 1.98. The molecule has 0 saturated carbocycles. The number of fused-ring (bicyclic) bond motifs is 1. The fourth-order valence-electron chi connectivity index (χ4n) is 1.68. The molecule has 2 aromatic heterocycles. The molecule has 0 aromatic carbocycles. The first-order valence-electron chi connectivity index (χ1n) is 5.23. The maximum Gasteiger partial charge on any atom is 0.138 e. The van der Waals surface area contributed by atoms with Crippen molar-refractivity contribution in [2.75, 3.05) is 5.32 Å². The first-order valence-corrected chi connectivity index (χ1v) is 5.23. The number of nitrogens with one attached hydrogen (secondary N) is 1. The average Bonchev–Trinajstić information content (AvgIpc) is 2.55. The Labute approximate surface area is 94.5 Å². The van der Waals surface area contributed by atoms with Crippen LogP contribution in [0.2, 0.25) is 0 Å². The van der Waals surface area contributed by atoms with Gasteiger partial charge in [0, 0.05) is 6.20 Å². The van der Waals surface area contributed by atoms with Crippen molar-refractivity contribution in [2.45, 2.75) is 26.8 Å². The van der Waals surface area contributed by atoms with Crippen LogP contribution in [0.5, 0.6) is 0 Å². The molecule has 0 bridgehead atoms. The Bertz CT molecular complexity index is 562. The Balaban J connectivity index is 2.55. The van der Waals surface area contributed by atoms with Gasteiger partial charge < -0.3 is 5.32 Å². The van der Waals surface area contributed by atoms with Crippen LogP contribution >= 0.6 is 0 Å². The molecule has 82 valence electrons. The third-order valence-electron chi connectivity index (χ3n) is 2.49. The number of anilines is 1. The predicted octanol–water partition coefficient (Wildman–Crippen LogP) is 2.28. The van der Waals surface area contributed by atoms with Crippen LogP contribution in [0.3, 0.4) is 0 Å². The van der Waals surface area contributed by atoms with Gasteiger partial charge in [-0.25, -0.2) is 4.98 Å². The van der Waals surface area contributed by atoms with E-state index < -0.39 is 0 Å². The maximum atomic E-state index is 8.81. The Hall–Kier alpha value is -2.02. The van der Waals surface area contributed by atoms with Crippen LogP contribution in [0.15, 0.2) is 18.3 Å². The zero-order valence-electron chi connectivity index (χ0n) is 9.65. The van der Waals surface area contributed by atoms with Gasteiger partial charge in [0.1, 0.15) is 17.5 Å². The normalized spacial score (nSPS) is 12.4. The van der Waals surface area contributed by atoms with E-state index in [2.05, 4.69) is 16.4 Å². The summed E-state index contributed by atoms with van der Waals surface area (Å²) in [5.41, 5.74) is 2.97. The number of nitriles is 1. The molecule has 16 heavy (non-hydrogen) atoms. The zero-order chi connectivity index (χ0) is 11.7. The highest BCUT2D eigenvalue weighted by Crippen LogP contribution is 2.18. The molecular weight excluding hydrogens is 200 g/mol. The van der Waals surface area contributed by atoms with E-state index in [1.54, 1.807) is 0 Å². The van der Waals surface area contributed by atoms with Gasteiger partial charge in [0.05, 0.1) is 11.8 Å². The summed E-state index contributed by atoms with van der Waals surface area (Å²) >= 11 is 0. The summed E-state index contributed by atoms with van der Waals surface area (Å²) in [5, 5.41) is 12.0. The van der Waals surface area contributed by atoms with Crippen LogP contribution in [-0.2, 0) is 0 Å². The van der Waals surface area contributed by atoms with Crippen molar-refractivity contribution in [3.05, 3.63) is 29.6 Å². The van der Waals surface area contributed by atoms with E-state index >= 15 is 0 Å². The zero-order valence-corrected chi connectivity index (χ0v) is 9.65. The van der Waals surface area contributed by atoms with Gasteiger partial charge in [0.15, 0.2) is 0 Å². The Kier molecular flexibility index (Phi) is 2.53. The Morgan fingerprint density at radius 2 is 2.19 bits per heavy atom. The van der Waals surface area contributed by atoms with E-state index in [0.29, 0.717) is 0 Å². The molecule has 0 unspecified atom stereocenters. The number of nitrogens with zero attached hydrogens (tertiary/aromatic N) is 3. The smallest absolute Gasteiger partial charge is 0.138 e. The van der Waals surface area contributed by atoms with Gasteiger partial charge in [0.2, 0.25) is 0 Å². The lowest BCUT2D eigenvalue weighted by Crippen LogP contribution is -2.14. The molecule has 0 saturated heterocycles. The number of pyridine rings is 1. The largest absolute Gasteiger partial charge is 0.354 e. The molecule has 0 aliphatic heterocycles. The molecule has 4 heteroatoms. The second kappa shape index (κ2) is 3.86. The lowest BCUT2D eigenvalue weighted by molar-refractivity contribution is 0.976. The number of hydrogen-bond acceptors (Lipinski definition) is 3. The summed E-state index contributed by atoms with van der Waals surface area (Å²) in [6, 6.07) is 5.94. The molecule has 0 aliphatic rings. The fraction of sp³-hybridized carbons (Fsp3) is 0.333. The summed E-state index contributed by atoms with van der Waals surface area (Å²) in [6.07, 6.45) is 2.02. The number of imidazole rings is 1. The molecule has 0 spiro atoms. The third kappa shape index (κ3) is 1.72. The van der Waals surface area contributed by atoms with Gasteiger partial charge in [-0.05, 0) is 32.4 Å². The fourth-order valence-corrected chi connectivity index (χ4v) is 1.68. The van der Waals surface area contributed by atoms with Crippen molar-refractivity contribution in [1.29, 1.82) is 5.26 Å². The quantitative estimate of drug-likeness (QED) is 0.834. The summed E-state index contributed by atoms with van der Waals surface area (Å²) in [5.74, 6) is 0.896. The standard InChI is InChI=1S/C12H14N4/c1-8-4-5-11-15-10(3)12(16(11)7-8)14-9(2)6-13/h4-5,7,9,14H,1-3H3/t9-/m0/s1. The van der Waals surface area contributed by atoms with Crippen molar-refractivity contribution in [3.8, 4) is 6.07 Å². The van der Waals surface area contributed by atoms with Crippen LogP contribution in [0.1, 0.15) is 18.2 Å². The van der Waals surface area contributed by atoms with Crippen molar-refractivity contribution >= 4 is 11.5 Å². The van der Waals surface area contributed by atoms with Gasteiger partial charge in [-0.1, -0.05) is 6.07 Å². The molecule has 2 rings (SSSR count). The summed E-state index contributed by atoms with van der Waals surface area (Å²) in [4.78, 5) is 4.43. The number of rotatable bonds is 2. The predicted molar refractivity (Wildman–Crippen MR) is 63.4 cm³/mol. The lowest BCUT2D eigenvalue weighted by Gasteiger charge is -2.08. The van der Waals surface area contributed by atoms with Crippen LogP contribution in [0, 0.1) is 25.2 Å². The second-order valence-corrected chi connectivity index (χ2v) is 3.98. The van der Waals surface area contributed by atoms with Crippen molar-refractivity contribution in [1.82, 2.24) is 9.38 Å². The van der Waals surface area contributed by atoms with Crippen LogP contribution in [-0.4, -0.2) is 15.4 Å². The molecule has 0 radical (unpaired) electrons. The van der Waals surface area contributed by atoms with E-state index in [1.165, 1.54) is 0 Å². The van der Waals surface area contributed by atoms with Crippen LogP contribution < -0.4 is 5.32 Å². The minimum atomic E-state index is -0.223. The number of hydrogen-bond donors (Lipinski definition) is 1. The highest BCUT2D eigenvalue weighted by Gasteiger charge is 2.10. The van der Waals surface area contributed by atoms with Crippen molar-refractivity contribution in [3.63, 3.8) is 0 Å². The van der Waals surface area contributed by atoms with E-state index in [-0.39, 0.29) is 6.04 Å². The van der Waals surface area contributed by atoms with E-state index in [1.807, 2.05) is 43.5 Å². The minimum absolute atomic E-state index is 0.223. The SMILES string of the molecule is Cc1ccc2nc(C)c(N[C@@H](C)C#N)n2c1.